The van der Waals surface area contributed by atoms with Crippen LogP contribution >= 0.6 is 23.2 Å². The molecular weight excluding hydrogens is 237 g/mol. The Morgan fingerprint density at radius 3 is 2.33 bits per heavy atom. The van der Waals surface area contributed by atoms with Crippen molar-refractivity contribution < 1.29 is 4.79 Å². The van der Waals surface area contributed by atoms with Gasteiger partial charge in [-0.3, -0.25) is 4.79 Å². The number of carbonyl (C=O) groups excluding carboxylic acids is 1. The van der Waals surface area contributed by atoms with Gasteiger partial charge in [0.15, 0.2) is 0 Å². The van der Waals surface area contributed by atoms with E-state index in [-0.39, 0.29) is 12.3 Å². The third-order valence-electron chi connectivity index (χ3n) is 1.74. The lowest BCUT2D eigenvalue weighted by atomic mass is 10.2. The number of hydrogen-bond acceptors (Lipinski definition) is 3. The molecule has 4 nitrogen and oxygen atoms in total. The van der Waals surface area contributed by atoms with Crippen molar-refractivity contribution in [1.29, 1.82) is 0 Å². The number of benzene rings is 1. The minimum Gasteiger partial charge on any atom is -0.399 e. The molecule has 0 aliphatic rings. The summed E-state index contributed by atoms with van der Waals surface area (Å²) in [4.78, 5) is 10.5. The molecule has 0 bridgehead atoms. The molecule has 1 amide bonds. The zero-order valence-electron chi connectivity index (χ0n) is 7.89. The molecule has 0 spiro atoms. The molecule has 1 aromatic rings. The van der Waals surface area contributed by atoms with E-state index in [2.05, 4.69) is 5.32 Å². The van der Waals surface area contributed by atoms with Crippen LogP contribution in [0.5, 0.6) is 0 Å². The van der Waals surface area contributed by atoms with Gasteiger partial charge in [-0.15, -0.1) is 0 Å². The number of primary amides is 1. The van der Waals surface area contributed by atoms with Gasteiger partial charge < -0.3 is 16.8 Å². The van der Waals surface area contributed by atoms with Gasteiger partial charge >= 0.3 is 0 Å². The van der Waals surface area contributed by atoms with Gasteiger partial charge in [0.05, 0.1) is 15.7 Å². The normalized spacial score (nSPS) is 10.0. The summed E-state index contributed by atoms with van der Waals surface area (Å²) < 4.78 is 0. The number of rotatable bonds is 4. The molecule has 0 heterocycles. The lowest BCUT2D eigenvalue weighted by Crippen LogP contribution is -2.16. The van der Waals surface area contributed by atoms with Gasteiger partial charge in [0.25, 0.3) is 0 Å². The topological polar surface area (TPSA) is 81.1 Å². The average molecular weight is 248 g/mol. The number of carbonyl (C=O) groups is 1. The van der Waals surface area contributed by atoms with Crippen LogP contribution in [0, 0.1) is 0 Å². The third kappa shape index (κ3) is 3.49. The van der Waals surface area contributed by atoms with Gasteiger partial charge in [0.2, 0.25) is 5.91 Å². The van der Waals surface area contributed by atoms with Crippen LogP contribution < -0.4 is 16.8 Å². The van der Waals surface area contributed by atoms with E-state index in [0.29, 0.717) is 28.0 Å². The standard InChI is InChI=1S/C9H11Cl2N3O/c10-6-3-5(12)4-7(11)9(6)14-2-1-8(13)15/h3-4,14H,1-2,12H2,(H2,13,15). The highest BCUT2D eigenvalue weighted by atomic mass is 35.5. The van der Waals surface area contributed by atoms with Crippen molar-refractivity contribution in [3.8, 4) is 0 Å². The molecule has 15 heavy (non-hydrogen) atoms. The number of hydrogen-bond donors (Lipinski definition) is 3. The Labute approximate surface area is 97.5 Å². The van der Waals surface area contributed by atoms with Crippen LogP contribution in [0.25, 0.3) is 0 Å². The molecule has 5 N–H and O–H groups in total. The van der Waals surface area contributed by atoms with E-state index < -0.39 is 0 Å². The van der Waals surface area contributed by atoms with Crippen molar-refractivity contribution in [3.63, 3.8) is 0 Å². The summed E-state index contributed by atoms with van der Waals surface area (Å²) in [5.41, 5.74) is 11.6. The van der Waals surface area contributed by atoms with Gasteiger partial charge in [-0.2, -0.15) is 0 Å². The fourth-order valence-corrected chi connectivity index (χ4v) is 1.71. The van der Waals surface area contributed by atoms with Crippen molar-refractivity contribution in [3.05, 3.63) is 22.2 Å². The van der Waals surface area contributed by atoms with Crippen LogP contribution in [0.1, 0.15) is 6.42 Å². The van der Waals surface area contributed by atoms with Crippen molar-refractivity contribution in [2.75, 3.05) is 17.6 Å². The maximum Gasteiger partial charge on any atom is 0.219 e. The predicted octanol–water partition coefficient (Wildman–Crippen LogP) is 1.86. The Morgan fingerprint density at radius 1 is 1.33 bits per heavy atom. The zero-order chi connectivity index (χ0) is 11.4. The first-order chi connectivity index (χ1) is 7.00. The van der Waals surface area contributed by atoms with Gasteiger partial charge in [0.1, 0.15) is 0 Å². The summed E-state index contributed by atoms with van der Waals surface area (Å²) in [6.45, 7) is 0.388. The molecule has 0 fully saturated rings. The van der Waals surface area contributed by atoms with Crippen molar-refractivity contribution in [2.24, 2.45) is 5.73 Å². The molecular formula is C9H11Cl2N3O. The first kappa shape index (κ1) is 11.9. The van der Waals surface area contributed by atoms with Crippen LogP contribution in [0.4, 0.5) is 11.4 Å². The van der Waals surface area contributed by atoms with Crippen LogP contribution in [0.2, 0.25) is 10.0 Å². The maximum absolute atomic E-state index is 10.5. The minimum atomic E-state index is -0.384. The fraction of sp³-hybridized carbons (Fsp3) is 0.222. The smallest absolute Gasteiger partial charge is 0.219 e. The molecule has 0 unspecified atom stereocenters. The van der Waals surface area contributed by atoms with E-state index in [1.807, 2.05) is 0 Å². The van der Waals surface area contributed by atoms with E-state index in [9.17, 15) is 4.79 Å². The van der Waals surface area contributed by atoms with Crippen LogP contribution in [0.3, 0.4) is 0 Å². The second-order valence-corrected chi connectivity index (χ2v) is 3.82. The first-order valence-electron chi connectivity index (χ1n) is 4.27. The fourth-order valence-electron chi connectivity index (χ4n) is 1.07. The Bertz CT molecular complexity index is 359. The Morgan fingerprint density at radius 2 is 1.87 bits per heavy atom. The van der Waals surface area contributed by atoms with Crippen LogP contribution in [-0.4, -0.2) is 12.5 Å². The second kappa shape index (κ2) is 5.09. The van der Waals surface area contributed by atoms with E-state index >= 15 is 0 Å². The molecule has 1 aromatic carbocycles. The number of nitrogen functional groups attached to an aromatic ring is 1. The molecule has 0 aliphatic carbocycles. The van der Waals surface area contributed by atoms with E-state index in [1.54, 1.807) is 12.1 Å². The van der Waals surface area contributed by atoms with Gasteiger partial charge in [-0.25, -0.2) is 0 Å². The summed E-state index contributed by atoms with van der Waals surface area (Å²) in [6, 6.07) is 3.17. The summed E-state index contributed by atoms with van der Waals surface area (Å²) >= 11 is 11.8. The van der Waals surface area contributed by atoms with Crippen molar-refractivity contribution >= 4 is 40.5 Å². The molecule has 6 heteroatoms. The first-order valence-corrected chi connectivity index (χ1v) is 5.03. The summed E-state index contributed by atoms with van der Waals surface area (Å²) in [5, 5.41) is 3.76. The number of halogens is 2. The minimum absolute atomic E-state index is 0.219. The lowest BCUT2D eigenvalue weighted by molar-refractivity contribution is -0.117. The largest absolute Gasteiger partial charge is 0.399 e. The monoisotopic (exact) mass is 247 g/mol. The summed E-state index contributed by atoms with van der Waals surface area (Å²) in [5.74, 6) is -0.384. The molecule has 0 aromatic heterocycles. The Balaban J connectivity index is 2.72. The molecule has 0 aliphatic heterocycles. The molecule has 0 saturated heterocycles. The highest BCUT2D eigenvalue weighted by Gasteiger charge is 2.06. The van der Waals surface area contributed by atoms with Gasteiger partial charge in [-0.1, -0.05) is 23.2 Å². The van der Waals surface area contributed by atoms with Gasteiger partial charge in [-0.05, 0) is 12.1 Å². The Hall–Kier alpha value is -1.13. The van der Waals surface area contributed by atoms with E-state index in [4.69, 9.17) is 34.7 Å². The van der Waals surface area contributed by atoms with E-state index in [0.717, 1.165) is 0 Å². The lowest BCUT2D eigenvalue weighted by Gasteiger charge is -2.10. The number of anilines is 2. The SMILES string of the molecule is NC(=O)CCNc1c(Cl)cc(N)cc1Cl. The molecule has 82 valence electrons. The van der Waals surface area contributed by atoms with E-state index in [1.165, 1.54) is 0 Å². The van der Waals surface area contributed by atoms with Crippen molar-refractivity contribution in [2.45, 2.75) is 6.42 Å². The van der Waals surface area contributed by atoms with Crippen LogP contribution in [-0.2, 0) is 4.79 Å². The maximum atomic E-state index is 10.5. The van der Waals surface area contributed by atoms with Gasteiger partial charge in [0, 0.05) is 18.7 Å². The number of nitrogens with one attached hydrogen (secondary N) is 1. The zero-order valence-corrected chi connectivity index (χ0v) is 9.40. The number of amides is 1. The highest BCUT2D eigenvalue weighted by molar-refractivity contribution is 6.39. The second-order valence-electron chi connectivity index (χ2n) is 3.00. The predicted molar refractivity (Wildman–Crippen MR) is 63.2 cm³/mol. The summed E-state index contributed by atoms with van der Waals surface area (Å²) in [6.07, 6.45) is 0.219. The highest BCUT2D eigenvalue weighted by Crippen LogP contribution is 2.32. The van der Waals surface area contributed by atoms with Crippen molar-refractivity contribution in [1.82, 2.24) is 0 Å². The average Bonchev–Trinajstić information content (AvgIpc) is 2.08. The quantitative estimate of drug-likeness (QED) is 0.711. The van der Waals surface area contributed by atoms with Crippen LogP contribution in [0.15, 0.2) is 12.1 Å². The molecule has 0 radical (unpaired) electrons. The Kier molecular flexibility index (Phi) is 4.05. The summed E-state index contributed by atoms with van der Waals surface area (Å²) in [7, 11) is 0. The molecule has 0 atom stereocenters. The molecule has 0 saturated carbocycles. The number of nitrogens with two attached hydrogens (primary N) is 2. The molecule has 1 rings (SSSR count). The third-order valence-corrected chi connectivity index (χ3v) is 2.33.